The molecule has 1 saturated carbocycles. The van der Waals surface area contributed by atoms with Crippen molar-refractivity contribution in [1.82, 2.24) is 25.3 Å². The summed E-state index contributed by atoms with van der Waals surface area (Å²) in [6, 6.07) is 10.5. The third kappa shape index (κ3) is 3.55. The standard InChI is InChI=1S/C25H29N7O/c1-3-31-23(33)20-15-28-24(29-18-5-4-16-6-10-26-14-17(16)12-18)30-22(20)32(31)19-7-11-27-21(13-19)25(2)8-9-25/h4-5,7,11-13,15,23,26,33H,3,6,8-10,14H2,1-2H3,(H,28,29,30). The van der Waals surface area contributed by atoms with Crippen molar-refractivity contribution in [3.63, 3.8) is 0 Å². The van der Waals surface area contributed by atoms with E-state index in [0.717, 1.165) is 49.4 Å². The average Bonchev–Trinajstić information content (AvgIpc) is 3.54. The van der Waals surface area contributed by atoms with E-state index < -0.39 is 6.23 Å². The maximum Gasteiger partial charge on any atom is 0.229 e. The highest BCUT2D eigenvalue weighted by atomic mass is 16.3. The summed E-state index contributed by atoms with van der Waals surface area (Å²) in [4.78, 5) is 14.0. The highest BCUT2D eigenvalue weighted by Gasteiger charge is 2.42. The van der Waals surface area contributed by atoms with E-state index in [2.05, 4.69) is 51.8 Å². The van der Waals surface area contributed by atoms with E-state index in [1.165, 1.54) is 11.1 Å². The molecule has 6 rings (SSSR count). The molecule has 0 spiro atoms. The molecular weight excluding hydrogens is 414 g/mol. The number of hydrazine groups is 1. The fourth-order valence-corrected chi connectivity index (χ4v) is 4.78. The fraction of sp³-hybridized carbons (Fsp3) is 0.400. The lowest BCUT2D eigenvalue weighted by Crippen LogP contribution is -2.36. The zero-order valence-corrected chi connectivity index (χ0v) is 19.0. The van der Waals surface area contributed by atoms with Gasteiger partial charge in [0.05, 0.1) is 11.3 Å². The summed E-state index contributed by atoms with van der Waals surface area (Å²) < 4.78 is 0. The Morgan fingerprint density at radius 3 is 2.88 bits per heavy atom. The molecule has 8 nitrogen and oxygen atoms in total. The quantitative estimate of drug-likeness (QED) is 0.550. The second-order valence-electron chi connectivity index (χ2n) is 9.41. The van der Waals surface area contributed by atoms with Crippen LogP contribution in [-0.4, -0.2) is 38.2 Å². The van der Waals surface area contributed by atoms with E-state index in [9.17, 15) is 5.11 Å². The van der Waals surface area contributed by atoms with Gasteiger partial charge in [-0.05, 0) is 61.2 Å². The summed E-state index contributed by atoms with van der Waals surface area (Å²) in [6.07, 6.45) is 6.16. The molecule has 2 aliphatic heterocycles. The first-order chi connectivity index (χ1) is 16.1. The van der Waals surface area contributed by atoms with Gasteiger partial charge in [0.15, 0.2) is 12.0 Å². The molecule has 0 radical (unpaired) electrons. The van der Waals surface area contributed by atoms with Crippen LogP contribution in [0, 0.1) is 0 Å². The lowest BCUT2D eigenvalue weighted by Gasteiger charge is -2.30. The fourth-order valence-electron chi connectivity index (χ4n) is 4.78. The number of aliphatic hydroxyl groups is 1. The van der Waals surface area contributed by atoms with Gasteiger partial charge in [0.2, 0.25) is 5.95 Å². The maximum absolute atomic E-state index is 11.0. The van der Waals surface area contributed by atoms with Crippen molar-refractivity contribution in [2.24, 2.45) is 0 Å². The van der Waals surface area contributed by atoms with Crippen LogP contribution in [0.15, 0.2) is 42.7 Å². The van der Waals surface area contributed by atoms with Crippen LogP contribution in [0.3, 0.4) is 0 Å². The first-order valence-corrected chi connectivity index (χ1v) is 11.7. The van der Waals surface area contributed by atoms with E-state index in [4.69, 9.17) is 4.98 Å². The van der Waals surface area contributed by atoms with Gasteiger partial charge < -0.3 is 15.7 Å². The summed E-state index contributed by atoms with van der Waals surface area (Å²) in [5.41, 5.74) is 6.56. The van der Waals surface area contributed by atoms with E-state index in [-0.39, 0.29) is 5.41 Å². The van der Waals surface area contributed by atoms with E-state index in [0.29, 0.717) is 23.9 Å². The summed E-state index contributed by atoms with van der Waals surface area (Å²) in [6.45, 7) is 6.81. The molecule has 170 valence electrons. The van der Waals surface area contributed by atoms with Crippen molar-refractivity contribution >= 4 is 23.1 Å². The molecule has 2 aromatic heterocycles. The summed E-state index contributed by atoms with van der Waals surface area (Å²) in [5.74, 6) is 1.20. The Hall–Kier alpha value is -3.07. The Morgan fingerprint density at radius 1 is 1.18 bits per heavy atom. The molecule has 4 heterocycles. The number of rotatable bonds is 5. The zero-order chi connectivity index (χ0) is 22.6. The van der Waals surface area contributed by atoms with Crippen molar-refractivity contribution in [3.05, 3.63) is 65.1 Å². The zero-order valence-electron chi connectivity index (χ0n) is 19.0. The van der Waals surface area contributed by atoms with E-state index in [1.807, 2.05) is 29.2 Å². The number of nitrogens with one attached hydrogen (secondary N) is 2. The summed E-state index contributed by atoms with van der Waals surface area (Å²) in [7, 11) is 0. The predicted molar refractivity (Wildman–Crippen MR) is 127 cm³/mol. The van der Waals surface area contributed by atoms with Gasteiger partial charge in [0.1, 0.15) is 0 Å². The normalized spacial score (nSPS) is 20.9. The molecule has 1 unspecified atom stereocenters. The second kappa shape index (κ2) is 7.76. The maximum atomic E-state index is 11.0. The first-order valence-electron chi connectivity index (χ1n) is 11.7. The van der Waals surface area contributed by atoms with Gasteiger partial charge in [-0.1, -0.05) is 19.9 Å². The highest BCUT2D eigenvalue weighted by Crippen LogP contribution is 2.48. The molecule has 0 bridgehead atoms. The molecule has 3 aromatic rings. The van der Waals surface area contributed by atoms with Crippen LogP contribution in [0.5, 0.6) is 0 Å². The van der Waals surface area contributed by atoms with Crippen molar-refractivity contribution in [1.29, 1.82) is 0 Å². The van der Waals surface area contributed by atoms with Crippen LogP contribution >= 0.6 is 0 Å². The number of hydrogen-bond donors (Lipinski definition) is 3. The number of fused-ring (bicyclic) bond motifs is 2. The van der Waals surface area contributed by atoms with Gasteiger partial charge in [-0.15, -0.1) is 0 Å². The number of hydrogen-bond acceptors (Lipinski definition) is 8. The van der Waals surface area contributed by atoms with Crippen molar-refractivity contribution < 1.29 is 5.11 Å². The van der Waals surface area contributed by atoms with Gasteiger partial charge in [0.25, 0.3) is 0 Å². The molecule has 33 heavy (non-hydrogen) atoms. The number of anilines is 4. The molecule has 1 aromatic carbocycles. The number of aromatic nitrogens is 3. The number of benzene rings is 1. The minimum absolute atomic E-state index is 0.161. The SMILES string of the molecule is CCN1C(O)c2cnc(Nc3ccc4c(c3)CNCC4)nc2N1c1ccnc(C2(C)CC2)c1. The molecule has 3 aliphatic rings. The van der Waals surface area contributed by atoms with E-state index >= 15 is 0 Å². The smallest absolute Gasteiger partial charge is 0.229 e. The van der Waals surface area contributed by atoms with Crippen LogP contribution in [0.2, 0.25) is 0 Å². The van der Waals surface area contributed by atoms with Crippen molar-refractivity contribution in [2.75, 3.05) is 23.4 Å². The monoisotopic (exact) mass is 443 g/mol. The van der Waals surface area contributed by atoms with E-state index in [1.54, 1.807) is 6.20 Å². The Kier molecular flexibility index (Phi) is 4.83. The van der Waals surface area contributed by atoms with Crippen molar-refractivity contribution in [2.45, 2.75) is 51.3 Å². The average molecular weight is 444 g/mol. The van der Waals surface area contributed by atoms with Crippen LogP contribution < -0.4 is 15.6 Å². The largest absolute Gasteiger partial charge is 0.372 e. The Balaban J connectivity index is 1.35. The minimum atomic E-state index is -0.790. The predicted octanol–water partition coefficient (Wildman–Crippen LogP) is 3.69. The molecule has 1 fully saturated rings. The second-order valence-corrected chi connectivity index (χ2v) is 9.41. The Bertz CT molecular complexity index is 1210. The number of aliphatic hydroxyl groups excluding tert-OH is 1. The van der Waals surface area contributed by atoms with Gasteiger partial charge in [-0.2, -0.15) is 9.99 Å². The van der Waals surface area contributed by atoms with Gasteiger partial charge in [-0.25, -0.2) is 4.98 Å². The number of pyridine rings is 1. The lowest BCUT2D eigenvalue weighted by molar-refractivity contribution is 0.0204. The molecule has 0 amide bonds. The first kappa shape index (κ1) is 20.5. The molecular formula is C25H29N7O. The molecule has 1 atom stereocenters. The minimum Gasteiger partial charge on any atom is -0.372 e. The summed E-state index contributed by atoms with van der Waals surface area (Å²) in [5, 5.41) is 21.7. The van der Waals surface area contributed by atoms with Crippen LogP contribution in [0.25, 0.3) is 0 Å². The van der Waals surface area contributed by atoms with Crippen molar-refractivity contribution in [3.8, 4) is 0 Å². The third-order valence-corrected chi connectivity index (χ3v) is 7.09. The van der Waals surface area contributed by atoms with Gasteiger partial charge in [0, 0.05) is 42.3 Å². The highest BCUT2D eigenvalue weighted by molar-refractivity contribution is 5.67. The Labute approximate surface area is 193 Å². The van der Waals surface area contributed by atoms with Gasteiger partial charge in [-0.3, -0.25) is 9.99 Å². The van der Waals surface area contributed by atoms with Crippen LogP contribution in [0.1, 0.15) is 55.3 Å². The third-order valence-electron chi connectivity index (χ3n) is 7.09. The van der Waals surface area contributed by atoms with Gasteiger partial charge >= 0.3 is 0 Å². The Morgan fingerprint density at radius 2 is 2.06 bits per heavy atom. The number of nitrogens with zero attached hydrogens (tertiary/aromatic N) is 5. The van der Waals surface area contributed by atoms with Crippen LogP contribution in [0.4, 0.5) is 23.1 Å². The topological polar surface area (TPSA) is 89.4 Å². The lowest BCUT2D eigenvalue weighted by atomic mass is 10.0. The molecule has 1 aliphatic carbocycles. The molecule has 8 heteroatoms. The molecule has 0 saturated heterocycles. The molecule has 3 N–H and O–H groups in total. The summed E-state index contributed by atoms with van der Waals surface area (Å²) >= 11 is 0. The van der Waals surface area contributed by atoms with Crippen LogP contribution in [-0.2, 0) is 18.4 Å².